The van der Waals surface area contributed by atoms with E-state index in [1.54, 1.807) is 0 Å². The number of hydrogen-bond acceptors (Lipinski definition) is 2. The lowest BCUT2D eigenvalue weighted by molar-refractivity contribution is -0.117. The second kappa shape index (κ2) is 4.99. The Hall–Kier alpha value is -1.61. The topological polar surface area (TPSA) is 33.2 Å². The highest BCUT2D eigenvalue weighted by molar-refractivity contribution is 6.24. The molecule has 2 aromatic rings. The molecule has 1 aromatic carbocycles. The fourth-order valence-corrected chi connectivity index (χ4v) is 3.81. The molecule has 1 aromatic heterocycles. The first-order valence-electron chi connectivity index (χ1n) is 7.59. The monoisotopic (exact) mass is 300 g/mol. The van der Waals surface area contributed by atoms with E-state index < -0.39 is 0 Å². The Balaban J connectivity index is 1.98. The zero-order valence-corrected chi connectivity index (χ0v) is 12.6. The van der Waals surface area contributed by atoms with Gasteiger partial charge in [-0.25, -0.2) is 0 Å². The van der Waals surface area contributed by atoms with E-state index in [0.717, 1.165) is 29.4 Å². The molecule has 0 N–H and O–H groups in total. The highest BCUT2D eigenvalue weighted by Crippen LogP contribution is 2.38. The number of amides is 1. The first-order chi connectivity index (χ1) is 10.2. The third-order valence-corrected chi connectivity index (χ3v) is 4.78. The lowest BCUT2D eigenvalue weighted by Crippen LogP contribution is -2.27. The van der Waals surface area contributed by atoms with Crippen LogP contribution >= 0.6 is 11.6 Å². The summed E-state index contributed by atoms with van der Waals surface area (Å²) in [5.41, 5.74) is 4.49. The van der Waals surface area contributed by atoms with Crippen LogP contribution in [0.4, 0.5) is 5.69 Å². The number of fused-ring (bicyclic) bond motifs is 2. The predicted octanol–water partition coefficient (Wildman–Crippen LogP) is 3.46. The third kappa shape index (κ3) is 2.11. The van der Waals surface area contributed by atoms with Crippen LogP contribution in [0.3, 0.4) is 0 Å². The quantitative estimate of drug-likeness (QED) is 0.756. The van der Waals surface area contributed by atoms with Crippen LogP contribution in [-0.4, -0.2) is 22.8 Å². The van der Waals surface area contributed by atoms with E-state index in [4.69, 9.17) is 16.6 Å². The Morgan fingerprint density at radius 2 is 2.00 bits per heavy atom. The molecule has 1 atom stereocenters. The molecule has 4 rings (SSSR count). The molecule has 108 valence electrons. The zero-order valence-electron chi connectivity index (χ0n) is 11.8. The fraction of sp³-hybridized carbons (Fsp3) is 0.412. The van der Waals surface area contributed by atoms with Gasteiger partial charge in [-0.15, -0.1) is 11.6 Å². The van der Waals surface area contributed by atoms with Crippen molar-refractivity contribution in [1.82, 2.24) is 4.98 Å². The van der Waals surface area contributed by atoms with Crippen molar-refractivity contribution < 1.29 is 4.79 Å². The minimum absolute atomic E-state index is 0.0799. The summed E-state index contributed by atoms with van der Waals surface area (Å²) >= 11 is 6.21. The van der Waals surface area contributed by atoms with Gasteiger partial charge in [-0.3, -0.25) is 9.78 Å². The van der Waals surface area contributed by atoms with Gasteiger partial charge in [-0.05, 0) is 37.3 Å². The van der Waals surface area contributed by atoms with Gasteiger partial charge in [-0.1, -0.05) is 18.2 Å². The first kappa shape index (κ1) is 13.1. The highest BCUT2D eigenvalue weighted by atomic mass is 35.5. The molecule has 2 heterocycles. The van der Waals surface area contributed by atoms with Crippen molar-refractivity contribution in [3.8, 4) is 0 Å². The van der Waals surface area contributed by atoms with Crippen LogP contribution < -0.4 is 4.90 Å². The van der Waals surface area contributed by atoms with Gasteiger partial charge in [0.2, 0.25) is 5.91 Å². The molecule has 4 heteroatoms. The molecule has 0 spiro atoms. The van der Waals surface area contributed by atoms with Crippen molar-refractivity contribution in [3.05, 3.63) is 35.5 Å². The summed E-state index contributed by atoms with van der Waals surface area (Å²) in [4.78, 5) is 19.1. The van der Waals surface area contributed by atoms with E-state index in [0.29, 0.717) is 13.0 Å². The molecule has 0 bridgehead atoms. The molecule has 21 heavy (non-hydrogen) atoms. The molecule has 0 saturated carbocycles. The maximum Gasteiger partial charge on any atom is 0.228 e. The number of rotatable bonds is 1. The summed E-state index contributed by atoms with van der Waals surface area (Å²) in [5.74, 6) is 0.138. The Kier molecular flexibility index (Phi) is 3.11. The van der Waals surface area contributed by atoms with E-state index in [1.807, 2.05) is 23.1 Å². The summed E-state index contributed by atoms with van der Waals surface area (Å²) in [6, 6.07) is 8.12. The molecule has 0 radical (unpaired) electrons. The number of benzene rings is 1. The molecule has 1 fully saturated rings. The molecular formula is C17H17ClN2O. The number of halogens is 1. The van der Waals surface area contributed by atoms with Gasteiger partial charge < -0.3 is 4.90 Å². The lowest BCUT2D eigenvalue weighted by atomic mass is 9.92. The maximum atomic E-state index is 12.3. The summed E-state index contributed by atoms with van der Waals surface area (Å²) in [7, 11) is 0. The van der Waals surface area contributed by atoms with Crippen LogP contribution in [-0.2, 0) is 17.6 Å². The van der Waals surface area contributed by atoms with Crippen LogP contribution in [0.25, 0.3) is 10.9 Å². The smallest absolute Gasteiger partial charge is 0.228 e. The van der Waals surface area contributed by atoms with Crippen LogP contribution in [0, 0.1) is 0 Å². The van der Waals surface area contributed by atoms with Crippen molar-refractivity contribution in [3.63, 3.8) is 0 Å². The van der Waals surface area contributed by atoms with Crippen LogP contribution in [0.2, 0.25) is 0 Å². The maximum absolute atomic E-state index is 12.3. The van der Waals surface area contributed by atoms with Crippen LogP contribution in [0.5, 0.6) is 0 Å². The fourth-order valence-electron chi connectivity index (χ4n) is 3.54. The molecular weight excluding hydrogens is 284 g/mol. The number of hydrogen-bond donors (Lipinski definition) is 0. The van der Waals surface area contributed by atoms with Gasteiger partial charge in [0.25, 0.3) is 0 Å². The number of aryl methyl sites for hydroxylation is 1. The Morgan fingerprint density at radius 1 is 1.19 bits per heavy atom. The van der Waals surface area contributed by atoms with Crippen molar-refractivity contribution >= 4 is 34.1 Å². The number of carbonyl (C=O) groups excluding carboxylic acids is 1. The molecule has 1 amide bonds. The van der Waals surface area contributed by atoms with E-state index in [-0.39, 0.29) is 11.3 Å². The van der Waals surface area contributed by atoms with Gasteiger partial charge in [0.05, 0.1) is 16.6 Å². The first-order valence-corrected chi connectivity index (χ1v) is 8.02. The zero-order chi connectivity index (χ0) is 14.4. The second-order valence-corrected chi connectivity index (χ2v) is 6.53. The van der Waals surface area contributed by atoms with Gasteiger partial charge in [0.15, 0.2) is 0 Å². The molecule has 1 saturated heterocycles. The Morgan fingerprint density at radius 3 is 2.81 bits per heavy atom. The van der Waals surface area contributed by atoms with Crippen molar-refractivity contribution in [2.24, 2.45) is 0 Å². The summed E-state index contributed by atoms with van der Waals surface area (Å²) in [6.45, 7) is 0.612. The summed E-state index contributed by atoms with van der Waals surface area (Å²) < 4.78 is 0. The molecule has 2 aliphatic rings. The SMILES string of the molecule is O=C1CC(Cl)CN1c1c2c(nc3ccccc13)CCCC2. The third-order valence-electron chi connectivity index (χ3n) is 4.49. The van der Waals surface area contributed by atoms with E-state index in [9.17, 15) is 4.79 Å². The van der Waals surface area contributed by atoms with Crippen molar-refractivity contribution in [2.45, 2.75) is 37.5 Å². The van der Waals surface area contributed by atoms with E-state index in [1.165, 1.54) is 24.1 Å². The molecule has 1 unspecified atom stereocenters. The number of nitrogens with zero attached hydrogens (tertiary/aromatic N) is 2. The minimum atomic E-state index is -0.0799. The van der Waals surface area contributed by atoms with Crippen molar-refractivity contribution in [1.29, 1.82) is 0 Å². The number of carbonyl (C=O) groups is 1. The molecule has 1 aliphatic carbocycles. The van der Waals surface area contributed by atoms with Gasteiger partial charge in [0.1, 0.15) is 0 Å². The van der Waals surface area contributed by atoms with E-state index in [2.05, 4.69) is 6.07 Å². The van der Waals surface area contributed by atoms with Gasteiger partial charge in [-0.2, -0.15) is 0 Å². The summed E-state index contributed by atoms with van der Waals surface area (Å²) in [6.07, 6.45) is 4.82. The standard InChI is InChI=1S/C17H17ClN2O/c18-11-9-16(21)20(10-11)17-12-5-1-3-7-14(12)19-15-8-4-2-6-13(15)17/h1,3,5,7,11H,2,4,6,8-10H2. The number of anilines is 1. The highest BCUT2D eigenvalue weighted by Gasteiger charge is 2.33. The van der Waals surface area contributed by atoms with Crippen LogP contribution in [0.1, 0.15) is 30.5 Å². The van der Waals surface area contributed by atoms with Gasteiger partial charge in [0, 0.05) is 24.0 Å². The van der Waals surface area contributed by atoms with Gasteiger partial charge >= 0.3 is 0 Å². The largest absolute Gasteiger partial charge is 0.310 e. The number of pyridine rings is 1. The lowest BCUT2D eigenvalue weighted by Gasteiger charge is -2.26. The minimum Gasteiger partial charge on any atom is -0.310 e. The molecule has 1 aliphatic heterocycles. The van der Waals surface area contributed by atoms with Crippen molar-refractivity contribution in [2.75, 3.05) is 11.4 Å². The predicted molar refractivity (Wildman–Crippen MR) is 85.0 cm³/mol. The number of alkyl halides is 1. The van der Waals surface area contributed by atoms with Crippen LogP contribution in [0.15, 0.2) is 24.3 Å². The number of para-hydroxylation sites is 1. The summed E-state index contributed by atoms with van der Waals surface area (Å²) in [5, 5.41) is 1.00. The Labute approximate surface area is 128 Å². The normalized spacial score (nSPS) is 21.9. The average molecular weight is 301 g/mol. The second-order valence-electron chi connectivity index (χ2n) is 5.92. The van der Waals surface area contributed by atoms with E-state index >= 15 is 0 Å². The average Bonchev–Trinajstić information content (AvgIpc) is 2.83. The number of aromatic nitrogens is 1. The molecule has 3 nitrogen and oxygen atoms in total. The Bertz CT molecular complexity index is 728.